The number of hydrogen-bond donors (Lipinski definition) is 1. The molecule has 4 rings (SSSR count). The lowest BCUT2D eigenvalue weighted by Crippen LogP contribution is -2.51. The van der Waals surface area contributed by atoms with E-state index < -0.39 is 10.9 Å². The maximum Gasteiger partial charge on any atom is 0.253 e. The lowest BCUT2D eigenvalue weighted by atomic mass is 10.1. The molecule has 132 valence electrons. The third kappa shape index (κ3) is 3.03. The molecular formula is C19H19N5O2. The highest BCUT2D eigenvalue weighted by molar-refractivity contribution is 5.75. The topological polar surface area (TPSA) is 78.4 Å². The van der Waals surface area contributed by atoms with Gasteiger partial charge in [-0.3, -0.25) is 14.6 Å². The lowest BCUT2D eigenvalue weighted by molar-refractivity contribution is 0.644. The van der Waals surface area contributed by atoms with Gasteiger partial charge in [-0.25, -0.2) is 4.98 Å². The van der Waals surface area contributed by atoms with E-state index in [9.17, 15) is 9.59 Å². The summed E-state index contributed by atoms with van der Waals surface area (Å²) >= 11 is 0. The second-order valence-corrected chi connectivity index (χ2v) is 6.26. The van der Waals surface area contributed by atoms with Crippen molar-refractivity contribution in [2.75, 3.05) is 41.3 Å². The summed E-state index contributed by atoms with van der Waals surface area (Å²) in [5, 5.41) is 3.11. The zero-order valence-corrected chi connectivity index (χ0v) is 14.3. The molecule has 26 heavy (non-hydrogen) atoms. The summed E-state index contributed by atoms with van der Waals surface area (Å²) in [6, 6.07) is 9.61. The van der Waals surface area contributed by atoms with Crippen LogP contribution in [-0.4, -0.2) is 36.1 Å². The van der Waals surface area contributed by atoms with Gasteiger partial charge in [0.1, 0.15) is 17.2 Å². The number of pyridine rings is 2. The molecule has 7 heteroatoms. The van der Waals surface area contributed by atoms with Crippen LogP contribution in [0.25, 0.3) is 0 Å². The molecule has 1 fully saturated rings. The number of hydrogen-bond acceptors (Lipinski definition) is 7. The molecule has 3 aromatic rings. The van der Waals surface area contributed by atoms with Crippen molar-refractivity contribution in [3.8, 4) is 0 Å². The summed E-state index contributed by atoms with van der Waals surface area (Å²) in [5.41, 5.74) is 1.07. The van der Waals surface area contributed by atoms with E-state index in [1.807, 2.05) is 35.2 Å². The smallest absolute Gasteiger partial charge is 0.253 e. The molecule has 1 aromatic carbocycles. The van der Waals surface area contributed by atoms with Crippen molar-refractivity contribution in [2.24, 2.45) is 0 Å². The minimum Gasteiger partial charge on any atom is -0.376 e. The number of nitrogens with one attached hydrogen (secondary N) is 1. The van der Waals surface area contributed by atoms with Gasteiger partial charge in [0.25, 0.3) is 10.9 Å². The number of anilines is 3. The van der Waals surface area contributed by atoms with Crippen LogP contribution < -0.4 is 26.0 Å². The Labute approximate surface area is 150 Å². The van der Waals surface area contributed by atoms with Crippen molar-refractivity contribution in [3.05, 3.63) is 74.9 Å². The number of aromatic nitrogens is 2. The maximum atomic E-state index is 12.1. The van der Waals surface area contributed by atoms with E-state index in [4.69, 9.17) is 0 Å². The first-order valence-corrected chi connectivity index (χ1v) is 8.61. The maximum absolute atomic E-state index is 12.1. The Balaban J connectivity index is 1.43. The third-order valence-electron chi connectivity index (χ3n) is 4.65. The number of rotatable bonds is 5. The van der Waals surface area contributed by atoms with E-state index in [2.05, 4.69) is 20.2 Å². The minimum atomic E-state index is -0.434. The quantitative estimate of drug-likeness (QED) is 0.689. The Morgan fingerprint density at radius 1 is 0.923 bits per heavy atom. The molecule has 0 saturated carbocycles. The van der Waals surface area contributed by atoms with Gasteiger partial charge in [-0.1, -0.05) is 12.1 Å². The van der Waals surface area contributed by atoms with Gasteiger partial charge < -0.3 is 15.1 Å². The van der Waals surface area contributed by atoms with Crippen LogP contribution in [0.2, 0.25) is 0 Å². The fourth-order valence-electron chi connectivity index (χ4n) is 3.24. The van der Waals surface area contributed by atoms with Gasteiger partial charge in [0.15, 0.2) is 0 Å². The van der Waals surface area contributed by atoms with Gasteiger partial charge in [0.2, 0.25) is 0 Å². The van der Waals surface area contributed by atoms with Crippen molar-refractivity contribution < 1.29 is 0 Å². The Kier molecular flexibility index (Phi) is 4.35. The van der Waals surface area contributed by atoms with Crippen molar-refractivity contribution in [1.29, 1.82) is 0 Å². The molecule has 0 unspecified atom stereocenters. The van der Waals surface area contributed by atoms with Gasteiger partial charge >= 0.3 is 0 Å². The van der Waals surface area contributed by atoms with Crippen LogP contribution in [0.4, 0.5) is 17.2 Å². The second kappa shape index (κ2) is 6.95. The summed E-state index contributed by atoms with van der Waals surface area (Å²) in [4.78, 5) is 36.7. The van der Waals surface area contributed by atoms with E-state index in [0.29, 0.717) is 31.0 Å². The average molecular weight is 349 g/mol. The summed E-state index contributed by atoms with van der Waals surface area (Å²) in [6.07, 6.45) is 5.22. The molecule has 7 nitrogen and oxygen atoms in total. The summed E-state index contributed by atoms with van der Waals surface area (Å²) in [7, 11) is 0. The van der Waals surface area contributed by atoms with E-state index in [-0.39, 0.29) is 0 Å². The van der Waals surface area contributed by atoms with Crippen molar-refractivity contribution in [2.45, 2.75) is 6.54 Å². The highest BCUT2D eigenvalue weighted by Crippen LogP contribution is 2.23. The van der Waals surface area contributed by atoms with Gasteiger partial charge in [-0.15, -0.1) is 0 Å². The Morgan fingerprint density at radius 2 is 1.73 bits per heavy atom. The van der Waals surface area contributed by atoms with E-state index in [1.165, 1.54) is 0 Å². The van der Waals surface area contributed by atoms with Crippen LogP contribution in [0.1, 0.15) is 5.56 Å². The zero-order chi connectivity index (χ0) is 17.9. The van der Waals surface area contributed by atoms with Crippen LogP contribution in [0.3, 0.4) is 0 Å². The summed E-state index contributed by atoms with van der Waals surface area (Å²) in [6.45, 7) is 3.36. The van der Waals surface area contributed by atoms with Crippen LogP contribution in [0, 0.1) is 0 Å². The molecule has 1 aliphatic heterocycles. The SMILES string of the molecule is O=c1c(NCc2cccnc2)c(N2CCN(c3ccccn3)CC2)c1=O. The monoisotopic (exact) mass is 349 g/mol. The van der Waals surface area contributed by atoms with Crippen LogP contribution in [-0.2, 0) is 6.54 Å². The molecule has 0 aliphatic carbocycles. The Morgan fingerprint density at radius 3 is 2.42 bits per heavy atom. The first-order valence-electron chi connectivity index (χ1n) is 8.61. The average Bonchev–Trinajstić information content (AvgIpc) is 2.72. The normalized spacial score (nSPS) is 14.6. The highest BCUT2D eigenvalue weighted by atomic mass is 16.2. The Bertz CT molecular complexity index is 943. The molecule has 3 heterocycles. The van der Waals surface area contributed by atoms with Crippen molar-refractivity contribution in [3.63, 3.8) is 0 Å². The molecule has 1 N–H and O–H groups in total. The molecule has 0 atom stereocenters. The minimum absolute atomic E-state index is 0.398. The third-order valence-corrected chi connectivity index (χ3v) is 4.65. The fourth-order valence-corrected chi connectivity index (χ4v) is 3.24. The van der Waals surface area contributed by atoms with Gasteiger partial charge in [0, 0.05) is 51.3 Å². The zero-order valence-electron chi connectivity index (χ0n) is 14.3. The molecule has 0 radical (unpaired) electrons. The number of nitrogens with zero attached hydrogens (tertiary/aromatic N) is 4. The van der Waals surface area contributed by atoms with Crippen molar-refractivity contribution >= 4 is 17.2 Å². The first kappa shape index (κ1) is 16.3. The molecule has 0 spiro atoms. The van der Waals surface area contributed by atoms with Crippen LogP contribution >= 0.6 is 0 Å². The largest absolute Gasteiger partial charge is 0.376 e. The highest BCUT2D eigenvalue weighted by Gasteiger charge is 2.28. The van der Waals surface area contributed by atoms with E-state index in [0.717, 1.165) is 24.5 Å². The molecule has 1 saturated heterocycles. The first-order chi connectivity index (χ1) is 12.7. The fraction of sp³-hybridized carbons (Fsp3) is 0.263. The molecule has 2 aromatic heterocycles. The van der Waals surface area contributed by atoms with Gasteiger partial charge in [-0.2, -0.15) is 0 Å². The summed E-state index contributed by atoms with van der Waals surface area (Å²) < 4.78 is 0. The van der Waals surface area contributed by atoms with E-state index in [1.54, 1.807) is 18.6 Å². The number of piperazine rings is 1. The predicted octanol–water partition coefficient (Wildman–Crippen LogP) is 1.01. The van der Waals surface area contributed by atoms with Crippen LogP contribution in [0.15, 0.2) is 58.5 Å². The lowest BCUT2D eigenvalue weighted by Gasteiger charge is -2.37. The van der Waals surface area contributed by atoms with E-state index >= 15 is 0 Å². The predicted molar refractivity (Wildman–Crippen MR) is 102 cm³/mol. The second-order valence-electron chi connectivity index (χ2n) is 6.26. The van der Waals surface area contributed by atoms with Crippen LogP contribution in [0.5, 0.6) is 0 Å². The molecule has 0 bridgehead atoms. The van der Waals surface area contributed by atoms with Crippen molar-refractivity contribution in [1.82, 2.24) is 9.97 Å². The van der Waals surface area contributed by atoms with Gasteiger partial charge in [-0.05, 0) is 23.8 Å². The Hall–Kier alpha value is -3.22. The molecule has 0 amide bonds. The van der Waals surface area contributed by atoms with Gasteiger partial charge in [0.05, 0.1) is 0 Å². The summed E-state index contributed by atoms with van der Waals surface area (Å²) in [5.74, 6) is 0.937. The molecule has 1 aliphatic rings. The standard InChI is InChI=1S/C19H19N5O2/c25-18-16(22-13-14-4-3-6-20-12-14)17(19(18)26)24-10-8-23(9-11-24)15-5-1-2-7-21-15/h1-7,12,22H,8-11,13H2. The molecular weight excluding hydrogens is 330 g/mol.